The van der Waals surface area contributed by atoms with Gasteiger partial charge in [0.05, 0.1) is 5.39 Å². The molecule has 0 saturated carbocycles. The Hall–Kier alpha value is -1.62. The van der Waals surface area contributed by atoms with Crippen LogP contribution >= 0.6 is 0 Å². The minimum atomic E-state index is -0.290. The Morgan fingerprint density at radius 1 is 1.38 bits per heavy atom. The van der Waals surface area contributed by atoms with Gasteiger partial charge in [0.15, 0.2) is 0 Å². The van der Waals surface area contributed by atoms with Crippen LogP contribution in [0.2, 0.25) is 0 Å². The standard InChI is InChI=1S/C16H22N2O3/c1-2-3-4-5-7-13-10-12-11-18(14-8-6-9-20-14)16(19)17-15(12)21-13/h10-11,14H,2-9H2,1H3. The average Bonchev–Trinajstić information content (AvgIpc) is 3.11. The Morgan fingerprint density at radius 3 is 3.05 bits per heavy atom. The number of hydrogen-bond donors (Lipinski definition) is 0. The second kappa shape index (κ2) is 6.43. The SMILES string of the molecule is CCCCCCc1cc2cn(C3CCCO3)c(=O)nc2o1. The number of fused-ring (bicyclic) bond motifs is 1. The van der Waals surface area contributed by atoms with Crippen molar-refractivity contribution in [3.05, 3.63) is 28.5 Å². The van der Waals surface area contributed by atoms with E-state index in [1.54, 1.807) is 4.57 Å². The topological polar surface area (TPSA) is 57.3 Å². The van der Waals surface area contributed by atoms with Crippen molar-refractivity contribution in [3.63, 3.8) is 0 Å². The monoisotopic (exact) mass is 290 g/mol. The van der Waals surface area contributed by atoms with Crippen LogP contribution in [0.5, 0.6) is 0 Å². The number of hydrogen-bond acceptors (Lipinski definition) is 4. The Morgan fingerprint density at radius 2 is 2.29 bits per heavy atom. The predicted molar refractivity (Wildman–Crippen MR) is 80.3 cm³/mol. The summed E-state index contributed by atoms with van der Waals surface area (Å²) < 4.78 is 12.8. The van der Waals surface area contributed by atoms with Gasteiger partial charge in [-0.3, -0.25) is 4.57 Å². The summed E-state index contributed by atoms with van der Waals surface area (Å²) >= 11 is 0. The van der Waals surface area contributed by atoms with Crippen LogP contribution in [0.1, 0.15) is 57.4 Å². The van der Waals surface area contributed by atoms with Gasteiger partial charge < -0.3 is 9.15 Å². The third-order valence-electron chi connectivity index (χ3n) is 3.98. The fourth-order valence-electron chi connectivity index (χ4n) is 2.81. The van der Waals surface area contributed by atoms with Crippen LogP contribution in [0.3, 0.4) is 0 Å². The van der Waals surface area contributed by atoms with E-state index in [0.29, 0.717) is 12.3 Å². The summed E-state index contributed by atoms with van der Waals surface area (Å²) in [5, 5.41) is 0.885. The molecular weight excluding hydrogens is 268 g/mol. The quantitative estimate of drug-likeness (QED) is 0.765. The second-order valence-corrected chi connectivity index (χ2v) is 5.68. The first-order chi connectivity index (χ1) is 10.3. The minimum Gasteiger partial charge on any atom is -0.443 e. The van der Waals surface area contributed by atoms with Gasteiger partial charge in [0.1, 0.15) is 12.0 Å². The fraction of sp³-hybridized carbons (Fsp3) is 0.625. The van der Waals surface area contributed by atoms with Gasteiger partial charge in [0.25, 0.3) is 0 Å². The molecule has 114 valence electrons. The van der Waals surface area contributed by atoms with Gasteiger partial charge in [-0.05, 0) is 25.3 Å². The summed E-state index contributed by atoms with van der Waals surface area (Å²) in [6.45, 7) is 2.91. The number of aromatic nitrogens is 2. The zero-order chi connectivity index (χ0) is 14.7. The van der Waals surface area contributed by atoms with E-state index >= 15 is 0 Å². The lowest BCUT2D eigenvalue weighted by Gasteiger charge is -2.11. The molecule has 1 fully saturated rings. The van der Waals surface area contributed by atoms with Gasteiger partial charge in [-0.2, -0.15) is 4.98 Å². The van der Waals surface area contributed by atoms with Crippen molar-refractivity contribution in [2.45, 2.75) is 58.1 Å². The first kappa shape index (κ1) is 14.3. The zero-order valence-electron chi connectivity index (χ0n) is 12.5. The van der Waals surface area contributed by atoms with E-state index in [9.17, 15) is 4.79 Å². The van der Waals surface area contributed by atoms with E-state index in [1.165, 1.54) is 19.3 Å². The molecule has 1 atom stereocenters. The number of aryl methyl sites for hydroxylation is 1. The molecule has 0 amide bonds. The molecule has 2 aromatic heterocycles. The summed E-state index contributed by atoms with van der Waals surface area (Å²) in [6, 6.07) is 2.00. The summed E-state index contributed by atoms with van der Waals surface area (Å²) in [6.07, 6.45) is 9.22. The van der Waals surface area contributed by atoms with E-state index in [0.717, 1.165) is 36.8 Å². The maximum atomic E-state index is 12.0. The van der Waals surface area contributed by atoms with Crippen LogP contribution in [-0.4, -0.2) is 16.2 Å². The smallest absolute Gasteiger partial charge is 0.353 e. The molecule has 3 rings (SSSR count). The number of rotatable bonds is 6. The molecule has 1 aliphatic rings. The molecule has 1 saturated heterocycles. The minimum absolute atomic E-state index is 0.169. The maximum Gasteiger partial charge on any atom is 0.353 e. The van der Waals surface area contributed by atoms with Crippen molar-refractivity contribution in [1.29, 1.82) is 0 Å². The molecular formula is C16H22N2O3. The van der Waals surface area contributed by atoms with Crippen LogP contribution in [0, 0.1) is 0 Å². The molecule has 5 nitrogen and oxygen atoms in total. The van der Waals surface area contributed by atoms with E-state index < -0.39 is 0 Å². The van der Waals surface area contributed by atoms with Crippen molar-refractivity contribution < 1.29 is 9.15 Å². The highest BCUT2D eigenvalue weighted by Crippen LogP contribution is 2.23. The summed E-state index contributed by atoms with van der Waals surface area (Å²) in [5.74, 6) is 0.915. The molecule has 0 aliphatic carbocycles. The number of ether oxygens (including phenoxy) is 1. The van der Waals surface area contributed by atoms with Gasteiger partial charge >= 0.3 is 5.69 Å². The van der Waals surface area contributed by atoms with Crippen LogP contribution < -0.4 is 5.69 Å². The van der Waals surface area contributed by atoms with Gasteiger partial charge in [-0.1, -0.05) is 26.2 Å². The first-order valence-corrected chi connectivity index (χ1v) is 7.91. The van der Waals surface area contributed by atoms with Crippen molar-refractivity contribution in [3.8, 4) is 0 Å². The van der Waals surface area contributed by atoms with E-state index in [2.05, 4.69) is 11.9 Å². The molecule has 0 spiro atoms. The largest absolute Gasteiger partial charge is 0.443 e. The molecule has 3 heterocycles. The lowest BCUT2D eigenvalue weighted by atomic mass is 10.1. The molecule has 0 bridgehead atoms. The third-order valence-corrected chi connectivity index (χ3v) is 3.98. The third kappa shape index (κ3) is 3.18. The number of nitrogens with zero attached hydrogens (tertiary/aromatic N) is 2. The summed E-state index contributed by atoms with van der Waals surface area (Å²) in [4.78, 5) is 16.1. The highest BCUT2D eigenvalue weighted by molar-refractivity contribution is 5.72. The van der Waals surface area contributed by atoms with E-state index in [1.807, 2.05) is 12.3 Å². The highest BCUT2D eigenvalue weighted by atomic mass is 16.5. The van der Waals surface area contributed by atoms with Gasteiger partial charge in [0, 0.05) is 19.2 Å². The molecule has 0 radical (unpaired) electrons. The molecule has 0 N–H and O–H groups in total. The van der Waals surface area contributed by atoms with Gasteiger partial charge in [-0.25, -0.2) is 4.79 Å². The molecule has 5 heteroatoms. The Bertz CT molecular complexity index is 653. The number of unbranched alkanes of at least 4 members (excludes halogenated alkanes) is 3. The molecule has 1 unspecified atom stereocenters. The van der Waals surface area contributed by atoms with Gasteiger partial charge in [-0.15, -0.1) is 0 Å². The van der Waals surface area contributed by atoms with Crippen molar-refractivity contribution in [2.24, 2.45) is 0 Å². The average molecular weight is 290 g/mol. The Labute approximate surface area is 123 Å². The maximum absolute atomic E-state index is 12.0. The summed E-state index contributed by atoms with van der Waals surface area (Å²) in [5.41, 5.74) is 0.154. The Kier molecular flexibility index (Phi) is 4.39. The predicted octanol–water partition coefficient (Wildman–Crippen LogP) is 3.42. The van der Waals surface area contributed by atoms with Crippen molar-refractivity contribution >= 4 is 11.1 Å². The van der Waals surface area contributed by atoms with Crippen molar-refractivity contribution in [1.82, 2.24) is 9.55 Å². The fourth-order valence-corrected chi connectivity index (χ4v) is 2.81. The van der Waals surface area contributed by atoms with Crippen LogP contribution in [0.25, 0.3) is 11.1 Å². The molecule has 2 aromatic rings. The van der Waals surface area contributed by atoms with Crippen molar-refractivity contribution in [2.75, 3.05) is 6.61 Å². The number of furan rings is 1. The summed E-state index contributed by atoms with van der Waals surface area (Å²) in [7, 11) is 0. The molecule has 21 heavy (non-hydrogen) atoms. The normalized spacial score (nSPS) is 18.6. The lowest BCUT2D eigenvalue weighted by Crippen LogP contribution is -2.25. The Balaban J connectivity index is 1.79. The van der Waals surface area contributed by atoms with Crippen LogP contribution in [-0.2, 0) is 11.2 Å². The zero-order valence-corrected chi connectivity index (χ0v) is 12.5. The molecule has 1 aliphatic heterocycles. The van der Waals surface area contributed by atoms with E-state index in [-0.39, 0.29) is 11.9 Å². The van der Waals surface area contributed by atoms with Gasteiger partial charge in [0.2, 0.25) is 5.71 Å². The second-order valence-electron chi connectivity index (χ2n) is 5.68. The first-order valence-electron chi connectivity index (χ1n) is 7.91. The lowest BCUT2D eigenvalue weighted by molar-refractivity contribution is 0.0531. The molecule has 0 aromatic carbocycles. The van der Waals surface area contributed by atoms with Crippen LogP contribution in [0.4, 0.5) is 0 Å². The highest BCUT2D eigenvalue weighted by Gasteiger charge is 2.20. The van der Waals surface area contributed by atoms with E-state index in [4.69, 9.17) is 9.15 Å². The van der Waals surface area contributed by atoms with Crippen LogP contribution in [0.15, 0.2) is 21.5 Å².